The van der Waals surface area contributed by atoms with Crippen molar-refractivity contribution in [2.45, 2.75) is 0 Å². The fourth-order valence-corrected chi connectivity index (χ4v) is 3.67. The zero-order chi connectivity index (χ0) is 20.0. The van der Waals surface area contributed by atoms with E-state index in [1.165, 1.54) is 11.0 Å². The monoisotopic (exact) mass is 456 g/mol. The summed E-state index contributed by atoms with van der Waals surface area (Å²) in [6, 6.07) is 24.1. The normalized spacial score (nSPS) is 11.3. The number of benzene rings is 3. The Labute approximate surface area is 172 Å². The number of anilines is 2. The number of sulfonamides is 1. The molecule has 0 aromatic heterocycles. The second-order valence-electron chi connectivity index (χ2n) is 5.82. The first-order valence-electron chi connectivity index (χ1n) is 8.35. The first kappa shape index (κ1) is 19.9. The van der Waals surface area contributed by atoms with Crippen LogP contribution in [0.25, 0.3) is 6.08 Å². The SMILES string of the molecule is O=C(NS(=O)(=O)/C=C/c1cccc(Br)c1)N(c1ccccc1)c1ccccc1. The van der Waals surface area contributed by atoms with Gasteiger partial charge in [0.05, 0.1) is 16.8 Å². The van der Waals surface area contributed by atoms with Crippen LogP contribution in [0.1, 0.15) is 5.56 Å². The van der Waals surface area contributed by atoms with Crippen molar-refractivity contribution in [3.8, 4) is 0 Å². The van der Waals surface area contributed by atoms with E-state index in [9.17, 15) is 13.2 Å². The lowest BCUT2D eigenvalue weighted by atomic mass is 10.2. The number of halogens is 1. The van der Waals surface area contributed by atoms with Gasteiger partial charge < -0.3 is 0 Å². The van der Waals surface area contributed by atoms with Crippen molar-refractivity contribution in [1.82, 2.24) is 4.72 Å². The van der Waals surface area contributed by atoms with Gasteiger partial charge in [-0.15, -0.1) is 0 Å². The molecular weight excluding hydrogens is 440 g/mol. The van der Waals surface area contributed by atoms with Crippen molar-refractivity contribution in [2.24, 2.45) is 0 Å². The lowest BCUT2D eigenvalue weighted by Crippen LogP contribution is -2.39. The fourth-order valence-electron chi connectivity index (χ4n) is 2.52. The molecule has 2 amide bonds. The highest BCUT2D eigenvalue weighted by Crippen LogP contribution is 2.25. The van der Waals surface area contributed by atoms with Crippen LogP contribution in [0, 0.1) is 0 Å². The minimum atomic E-state index is -3.99. The summed E-state index contributed by atoms with van der Waals surface area (Å²) in [4.78, 5) is 14.1. The zero-order valence-corrected chi connectivity index (χ0v) is 17.1. The van der Waals surface area contributed by atoms with Crippen molar-refractivity contribution < 1.29 is 13.2 Å². The van der Waals surface area contributed by atoms with Crippen molar-refractivity contribution in [2.75, 3.05) is 4.90 Å². The van der Waals surface area contributed by atoms with Crippen LogP contribution in [-0.2, 0) is 10.0 Å². The highest BCUT2D eigenvalue weighted by atomic mass is 79.9. The van der Waals surface area contributed by atoms with Gasteiger partial charge in [-0.3, -0.25) is 4.90 Å². The van der Waals surface area contributed by atoms with E-state index in [-0.39, 0.29) is 0 Å². The average molecular weight is 457 g/mol. The summed E-state index contributed by atoms with van der Waals surface area (Å²) in [6.07, 6.45) is 1.43. The third kappa shape index (κ3) is 5.31. The Bertz CT molecular complexity index is 1050. The molecule has 0 aliphatic heterocycles. The topological polar surface area (TPSA) is 66.5 Å². The quantitative estimate of drug-likeness (QED) is 0.566. The molecule has 1 N–H and O–H groups in total. The number of urea groups is 1. The second kappa shape index (κ2) is 8.86. The lowest BCUT2D eigenvalue weighted by molar-refractivity contribution is 0.253. The molecule has 5 nitrogen and oxygen atoms in total. The minimum absolute atomic E-state index is 0.553. The Morgan fingerprint density at radius 1 is 0.857 bits per heavy atom. The average Bonchev–Trinajstić information content (AvgIpc) is 2.68. The molecule has 142 valence electrons. The molecule has 0 aliphatic rings. The van der Waals surface area contributed by atoms with E-state index in [1.54, 1.807) is 66.7 Å². The summed E-state index contributed by atoms with van der Waals surface area (Å²) < 4.78 is 27.7. The Morgan fingerprint density at radius 2 is 1.43 bits per heavy atom. The molecule has 0 spiro atoms. The van der Waals surface area contributed by atoms with Gasteiger partial charge >= 0.3 is 6.03 Å². The first-order chi connectivity index (χ1) is 13.4. The highest BCUT2D eigenvalue weighted by molar-refractivity contribution is 9.10. The van der Waals surface area contributed by atoms with Gasteiger partial charge in [0.25, 0.3) is 10.0 Å². The Hall–Kier alpha value is -2.90. The number of amides is 2. The molecule has 0 unspecified atom stereocenters. The molecular formula is C21H17BrN2O3S. The molecule has 0 bridgehead atoms. The molecule has 28 heavy (non-hydrogen) atoms. The fraction of sp³-hybridized carbons (Fsp3) is 0. The Balaban J connectivity index is 1.85. The van der Waals surface area contributed by atoms with Crippen molar-refractivity contribution in [1.29, 1.82) is 0 Å². The van der Waals surface area contributed by atoms with Crippen LogP contribution in [0.4, 0.5) is 16.2 Å². The van der Waals surface area contributed by atoms with E-state index in [0.717, 1.165) is 9.88 Å². The number of nitrogens with zero attached hydrogens (tertiary/aromatic N) is 1. The van der Waals surface area contributed by atoms with Gasteiger partial charge in [0.2, 0.25) is 0 Å². The van der Waals surface area contributed by atoms with E-state index in [1.807, 2.05) is 18.2 Å². The predicted octanol–water partition coefficient (Wildman–Crippen LogP) is 5.30. The summed E-state index contributed by atoms with van der Waals surface area (Å²) in [7, 11) is -3.99. The van der Waals surface area contributed by atoms with Crippen LogP contribution in [0.5, 0.6) is 0 Å². The van der Waals surface area contributed by atoms with E-state index in [0.29, 0.717) is 16.9 Å². The summed E-state index contributed by atoms with van der Waals surface area (Å²) in [5, 5.41) is 0.973. The number of para-hydroxylation sites is 2. The van der Waals surface area contributed by atoms with E-state index in [4.69, 9.17) is 0 Å². The number of carbonyl (C=O) groups excluding carboxylic acids is 1. The molecule has 0 saturated heterocycles. The maximum absolute atomic E-state index is 12.8. The van der Waals surface area contributed by atoms with Gasteiger partial charge in [-0.1, -0.05) is 64.5 Å². The van der Waals surface area contributed by atoms with E-state index < -0.39 is 16.1 Å². The summed E-state index contributed by atoms with van der Waals surface area (Å²) in [6.45, 7) is 0. The van der Waals surface area contributed by atoms with Gasteiger partial charge in [-0.2, -0.15) is 0 Å². The standard InChI is InChI=1S/C21H17BrN2O3S/c22-18-9-7-8-17(16-18)14-15-28(26,27)23-21(25)24(19-10-3-1-4-11-19)20-12-5-2-6-13-20/h1-16H,(H,23,25)/b15-14+. The molecule has 0 aliphatic carbocycles. The van der Waals surface area contributed by atoms with Crippen molar-refractivity contribution in [3.63, 3.8) is 0 Å². The third-order valence-electron chi connectivity index (χ3n) is 3.75. The molecule has 7 heteroatoms. The summed E-state index contributed by atoms with van der Waals surface area (Å²) in [5.41, 5.74) is 1.80. The van der Waals surface area contributed by atoms with E-state index in [2.05, 4.69) is 20.7 Å². The van der Waals surface area contributed by atoms with Crippen LogP contribution in [0.2, 0.25) is 0 Å². The van der Waals surface area contributed by atoms with Crippen molar-refractivity contribution >= 4 is 49.4 Å². The second-order valence-corrected chi connectivity index (χ2v) is 8.30. The summed E-state index contributed by atoms with van der Waals surface area (Å²) >= 11 is 3.33. The van der Waals surface area contributed by atoms with Crippen LogP contribution >= 0.6 is 15.9 Å². The van der Waals surface area contributed by atoms with Crippen LogP contribution in [0.3, 0.4) is 0 Å². The third-order valence-corrected chi connectivity index (χ3v) is 5.20. The molecule has 0 saturated carbocycles. The minimum Gasteiger partial charge on any atom is -0.262 e. The van der Waals surface area contributed by atoms with Crippen LogP contribution in [0.15, 0.2) is 94.8 Å². The van der Waals surface area contributed by atoms with Crippen LogP contribution in [-0.4, -0.2) is 14.4 Å². The van der Waals surface area contributed by atoms with Gasteiger partial charge in [0.1, 0.15) is 0 Å². The summed E-state index contributed by atoms with van der Waals surface area (Å²) in [5.74, 6) is 0. The molecule has 3 aromatic rings. The molecule has 3 rings (SSSR count). The Kier molecular flexibility index (Phi) is 6.28. The maximum atomic E-state index is 12.8. The van der Waals surface area contributed by atoms with Crippen molar-refractivity contribution in [3.05, 3.63) is 100 Å². The van der Waals surface area contributed by atoms with Gasteiger partial charge in [0.15, 0.2) is 0 Å². The van der Waals surface area contributed by atoms with Gasteiger partial charge in [-0.05, 0) is 48.0 Å². The Morgan fingerprint density at radius 3 is 1.96 bits per heavy atom. The zero-order valence-electron chi connectivity index (χ0n) is 14.7. The largest absolute Gasteiger partial charge is 0.340 e. The molecule has 3 aromatic carbocycles. The number of rotatable bonds is 5. The van der Waals surface area contributed by atoms with Crippen LogP contribution < -0.4 is 9.62 Å². The molecule has 0 heterocycles. The van der Waals surface area contributed by atoms with E-state index >= 15 is 0 Å². The van der Waals surface area contributed by atoms with Gasteiger partial charge in [0, 0.05) is 4.47 Å². The maximum Gasteiger partial charge on any atom is 0.340 e. The molecule has 0 radical (unpaired) electrons. The number of carbonyl (C=O) groups is 1. The number of nitrogens with one attached hydrogen (secondary N) is 1. The predicted molar refractivity (Wildman–Crippen MR) is 116 cm³/mol. The molecule has 0 fully saturated rings. The lowest BCUT2D eigenvalue weighted by Gasteiger charge is -2.22. The number of hydrogen-bond donors (Lipinski definition) is 1. The number of hydrogen-bond acceptors (Lipinski definition) is 3. The smallest absolute Gasteiger partial charge is 0.262 e. The first-order valence-corrected chi connectivity index (χ1v) is 10.7. The highest BCUT2D eigenvalue weighted by Gasteiger charge is 2.21. The molecule has 0 atom stereocenters. The van der Waals surface area contributed by atoms with Gasteiger partial charge in [-0.25, -0.2) is 17.9 Å².